The lowest BCUT2D eigenvalue weighted by molar-refractivity contribution is 0.0761. The molecule has 1 aromatic carbocycles. The summed E-state index contributed by atoms with van der Waals surface area (Å²) in [6.07, 6.45) is 4.76. The van der Waals surface area contributed by atoms with E-state index < -0.39 is 0 Å². The molecule has 0 amide bonds. The van der Waals surface area contributed by atoms with Crippen molar-refractivity contribution in [2.75, 3.05) is 20.2 Å². The summed E-state index contributed by atoms with van der Waals surface area (Å²) in [4.78, 5) is 2.36. The number of ether oxygens (including phenoxy) is 1. The van der Waals surface area contributed by atoms with Crippen LogP contribution >= 0.6 is 0 Å². The molecule has 0 saturated carbocycles. The Labute approximate surface area is 157 Å². The van der Waals surface area contributed by atoms with Crippen LogP contribution < -0.4 is 0 Å². The number of halogens is 1. The van der Waals surface area contributed by atoms with Crippen LogP contribution in [0.15, 0.2) is 47.2 Å². The number of aromatic nitrogens is 3. The quantitative estimate of drug-likeness (QED) is 0.668. The van der Waals surface area contributed by atoms with E-state index in [4.69, 9.17) is 9.26 Å². The van der Waals surface area contributed by atoms with E-state index in [1.165, 1.54) is 12.1 Å². The molecular formula is C20H23FN4O2. The van der Waals surface area contributed by atoms with Crippen molar-refractivity contribution in [2.24, 2.45) is 5.92 Å². The van der Waals surface area contributed by atoms with Crippen molar-refractivity contribution in [3.8, 4) is 5.69 Å². The highest BCUT2D eigenvalue weighted by Gasteiger charge is 2.33. The van der Waals surface area contributed by atoms with E-state index in [2.05, 4.69) is 15.2 Å². The van der Waals surface area contributed by atoms with Gasteiger partial charge in [0.05, 0.1) is 23.7 Å². The zero-order valence-corrected chi connectivity index (χ0v) is 15.5. The van der Waals surface area contributed by atoms with Crippen molar-refractivity contribution in [3.63, 3.8) is 0 Å². The van der Waals surface area contributed by atoms with Gasteiger partial charge in [-0.2, -0.15) is 5.10 Å². The van der Waals surface area contributed by atoms with Crippen molar-refractivity contribution in [1.82, 2.24) is 19.8 Å². The highest BCUT2D eigenvalue weighted by atomic mass is 19.1. The average Bonchev–Trinajstić information content (AvgIpc) is 3.36. The fraction of sp³-hybridized carbons (Fsp3) is 0.400. The SMILES string of the molecule is CO[C@H]1CN(Cc2cnn(-c3cccc(F)c3)c2)C[C@H]1Cc1cc(C)no1. The summed E-state index contributed by atoms with van der Waals surface area (Å²) >= 11 is 0. The van der Waals surface area contributed by atoms with Crippen LogP contribution in [0.25, 0.3) is 5.69 Å². The molecule has 27 heavy (non-hydrogen) atoms. The molecule has 3 heterocycles. The molecule has 4 rings (SSSR count). The zero-order chi connectivity index (χ0) is 18.8. The largest absolute Gasteiger partial charge is 0.380 e. The maximum Gasteiger partial charge on any atom is 0.137 e. The van der Waals surface area contributed by atoms with Crippen LogP contribution in [0.3, 0.4) is 0 Å². The summed E-state index contributed by atoms with van der Waals surface area (Å²) < 4.78 is 26.2. The molecule has 1 aliphatic heterocycles. The first-order chi connectivity index (χ1) is 13.1. The van der Waals surface area contributed by atoms with Crippen LogP contribution in [0.4, 0.5) is 4.39 Å². The first-order valence-corrected chi connectivity index (χ1v) is 9.07. The Hall–Kier alpha value is -2.51. The van der Waals surface area contributed by atoms with Crippen molar-refractivity contribution in [2.45, 2.75) is 26.0 Å². The van der Waals surface area contributed by atoms with Gasteiger partial charge in [0, 0.05) is 56.9 Å². The van der Waals surface area contributed by atoms with Crippen molar-refractivity contribution < 1.29 is 13.7 Å². The topological polar surface area (TPSA) is 56.3 Å². The number of methoxy groups -OCH3 is 1. The first-order valence-electron chi connectivity index (χ1n) is 9.07. The van der Waals surface area contributed by atoms with E-state index in [1.807, 2.05) is 31.5 Å². The van der Waals surface area contributed by atoms with Crippen LogP contribution in [0, 0.1) is 18.7 Å². The van der Waals surface area contributed by atoms with Crippen molar-refractivity contribution in [3.05, 3.63) is 65.6 Å². The fourth-order valence-corrected chi connectivity index (χ4v) is 3.75. The van der Waals surface area contributed by atoms with Gasteiger partial charge >= 0.3 is 0 Å². The molecule has 142 valence electrons. The Morgan fingerprint density at radius 1 is 1.30 bits per heavy atom. The van der Waals surface area contributed by atoms with E-state index >= 15 is 0 Å². The number of nitrogens with zero attached hydrogens (tertiary/aromatic N) is 4. The molecule has 1 saturated heterocycles. The van der Waals surface area contributed by atoms with E-state index in [9.17, 15) is 4.39 Å². The molecule has 0 bridgehead atoms. The normalized spacial score (nSPS) is 20.4. The smallest absolute Gasteiger partial charge is 0.137 e. The Kier molecular flexibility index (Phi) is 5.05. The molecule has 1 fully saturated rings. The lowest BCUT2D eigenvalue weighted by atomic mass is 10.0. The third-order valence-corrected chi connectivity index (χ3v) is 5.01. The van der Waals surface area contributed by atoms with Crippen molar-refractivity contribution >= 4 is 0 Å². The van der Waals surface area contributed by atoms with Crippen molar-refractivity contribution in [1.29, 1.82) is 0 Å². The van der Waals surface area contributed by atoms with Gasteiger partial charge in [-0.1, -0.05) is 11.2 Å². The van der Waals surface area contributed by atoms with Crippen LogP contribution in [0.2, 0.25) is 0 Å². The minimum atomic E-state index is -0.266. The minimum absolute atomic E-state index is 0.161. The second-order valence-electron chi connectivity index (χ2n) is 7.14. The highest BCUT2D eigenvalue weighted by Crippen LogP contribution is 2.25. The standard InChI is InChI=1S/C20H23FN4O2/c1-14-6-19(27-23-14)7-16-12-24(13-20(16)26-2)10-15-9-22-25(11-15)18-5-3-4-17(21)8-18/h3-6,8-9,11,16,20H,7,10,12-13H2,1-2H3/t16-,20+/m1/s1. The molecule has 6 nitrogen and oxygen atoms in total. The highest BCUT2D eigenvalue weighted by molar-refractivity contribution is 5.31. The number of rotatable bonds is 6. The van der Waals surface area contributed by atoms with Crippen LogP contribution in [-0.2, 0) is 17.7 Å². The Morgan fingerprint density at radius 3 is 2.93 bits per heavy atom. The molecule has 0 aliphatic carbocycles. The predicted molar refractivity (Wildman–Crippen MR) is 98.0 cm³/mol. The number of hydrogen-bond donors (Lipinski definition) is 0. The lowest BCUT2D eigenvalue weighted by Crippen LogP contribution is -2.23. The summed E-state index contributed by atoms with van der Waals surface area (Å²) in [7, 11) is 1.76. The molecule has 0 unspecified atom stereocenters. The van der Waals surface area contributed by atoms with Gasteiger partial charge in [-0.15, -0.1) is 0 Å². The van der Waals surface area contributed by atoms with Gasteiger partial charge in [-0.05, 0) is 25.1 Å². The average molecular weight is 370 g/mol. The van der Waals surface area contributed by atoms with Gasteiger partial charge in [0.1, 0.15) is 11.6 Å². The van der Waals surface area contributed by atoms with Gasteiger partial charge in [0.25, 0.3) is 0 Å². The van der Waals surface area contributed by atoms with Crippen LogP contribution in [0.5, 0.6) is 0 Å². The molecule has 2 atom stereocenters. The summed E-state index contributed by atoms with van der Waals surface area (Å²) in [5.74, 6) is 0.999. The molecule has 0 radical (unpaired) electrons. The number of hydrogen-bond acceptors (Lipinski definition) is 5. The second-order valence-corrected chi connectivity index (χ2v) is 7.14. The minimum Gasteiger partial charge on any atom is -0.380 e. The van der Waals surface area contributed by atoms with E-state index in [1.54, 1.807) is 17.9 Å². The molecule has 0 N–H and O–H groups in total. The van der Waals surface area contributed by atoms with Crippen LogP contribution in [0.1, 0.15) is 17.0 Å². The number of likely N-dealkylation sites (tertiary alicyclic amines) is 1. The molecule has 2 aromatic heterocycles. The van der Waals surface area contributed by atoms with Gasteiger partial charge in [-0.3, -0.25) is 4.90 Å². The molecule has 0 spiro atoms. The lowest BCUT2D eigenvalue weighted by Gasteiger charge is -2.14. The van der Waals surface area contributed by atoms with Gasteiger partial charge in [-0.25, -0.2) is 9.07 Å². The van der Waals surface area contributed by atoms with E-state index in [0.717, 1.165) is 48.8 Å². The summed E-state index contributed by atoms with van der Waals surface area (Å²) in [6.45, 7) is 4.49. The monoisotopic (exact) mass is 370 g/mol. The summed E-state index contributed by atoms with van der Waals surface area (Å²) in [6, 6.07) is 8.41. The predicted octanol–water partition coefficient (Wildman–Crippen LogP) is 3.00. The zero-order valence-electron chi connectivity index (χ0n) is 15.5. The maximum absolute atomic E-state index is 13.4. The fourth-order valence-electron chi connectivity index (χ4n) is 3.75. The third-order valence-electron chi connectivity index (χ3n) is 5.01. The molecule has 7 heteroatoms. The number of aryl methyl sites for hydroxylation is 1. The first kappa shape index (κ1) is 17.9. The summed E-state index contributed by atoms with van der Waals surface area (Å²) in [5.41, 5.74) is 2.71. The number of benzene rings is 1. The molecular weight excluding hydrogens is 347 g/mol. The third kappa shape index (κ3) is 4.09. The molecule has 3 aromatic rings. The Balaban J connectivity index is 1.41. The van der Waals surface area contributed by atoms with E-state index in [0.29, 0.717) is 5.92 Å². The summed E-state index contributed by atoms with van der Waals surface area (Å²) in [5, 5.41) is 8.33. The van der Waals surface area contributed by atoms with E-state index in [-0.39, 0.29) is 11.9 Å². The maximum atomic E-state index is 13.4. The van der Waals surface area contributed by atoms with Gasteiger partial charge in [0.2, 0.25) is 0 Å². The second kappa shape index (κ2) is 7.62. The Morgan fingerprint density at radius 2 is 2.19 bits per heavy atom. The Bertz CT molecular complexity index is 907. The molecule has 1 aliphatic rings. The van der Waals surface area contributed by atoms with Gasteiger partial charge < -0.3 is 9.26 Å². The van der Waals surface area contributed by atoms with Crippen LogP contribution in [-0.4, -0.2) is 46.1 Å². The van der Waals surface area contributed by atoms with Gasteiger partial charge in [0.15, 0.2) is 0 Å².